The molecule has 16 rings (SSSR count). The fourth-order valence-corrected chi connectivity index (χ4v) is 13.8. The summed E-state index contributed by atoms with van der Waals surface area (Å²) >= 11 is 10.8. The van der Waals surface area contributed by atoms with Crippen LogP contribution < -0.4 is 51.0 Å². The zero-order chi connectivity index (χ0) is 68.5. The van der Waals surface area contributed by atoms with Gasteiger partial charge in [0, 0.05) is 46.9 Å². The first kappa shape index (κ1) is 65.3. The van der Waals surface area contributed by atoms with E-state index in [-0.39, 0.29) is 35.2 Å². The highest BCUT2D eigenvalue weighted by atomic mass is 32.1. The number of ketones is 4. The van der Waals surface area contributed by atoms with Crippen molar-refractivity contribution < 1.29 is 43.0 Å². The van der Waals surface area contributed by atoms with Gasteiger partial charge in [-0.3, -0.25) is 34.0 Å². The number of aryl methyl sites for hydroxylation is 1. The molecule has 492 valence electrons. The van der Waals surface area contributed by atoms with Gasteiger partial charge in [0.1, 0.15) is 22.9 Å². The predicted octanol–water partition coefficient (Wildman–Crippen LogP) is 12.7. The van der Waals surface area contributed by atoms with Crippen LogP contribution in [0.15, 0.2) is 205 Å². The summed E-state index contributed by atoms with van der Waals surface area (Å²) in [6.45, 7) is 12.1. The first-order valence-corrected chi connectivity index (χ1v) is 33.1. The minimum atomic E-state index is -0.721. The second-order valence-corrected chi connectivity index (χ2v) is 25.0. The van der Waals surface area contributed by atoms with Crippen LogP contribution in [-0.4, -0.2) is 93.6 Å². The number of fused-ring (bicyclic) bond motifs is 8. The summed E-state index contributed by atoms with van der Waals surface area (Å²) in [5.74, 6) is 2.08. The molecule has 3 unspecified atom stereocenters. The van der Waals surface area contributed by atoms with E-state index < -0.39 is 17.6 Å². The molecule has 4 aliphatic carbocycles. The SMILES string of the molecule is CCCCOc1cccc(C2NC(=O)N(C)C3=C2C(=O)c2cccnc23)c1.CCOc1cccc(C2(C)NC(=S)NC3=C2C(=O)c2ccccc23)c1.CCOc1cccc(C2NC(=O)NC3=C2C(=O)c2ccc(C)nc23)c1.O=C1C2=C(NC(=S)CN2c2ccccc2)c2ccccc21. The number of unbranched alkanes of at least 4 members (excludes halogenated alkanes) is 1. The third-order valence-electron chi connectivity index (χ3n) is 17.8. The van der Waals surface area contributed by atoms with Crippen LogP contribution in [0.3, 0.4) is 0 Å². The number of nitrogens with zero attached hydrogens (tertiary/aromatic N) is 4. The van der Waals surface area contributed by atoms with Crippen molar-refractivity contribution in [3.05, 3.63) is 272 Å². The minimum Gasteiger partial charge on any atom is -0.494 e. The molecule has 21 heteroatoms. The molecule has 0 fully saturated rings. The number of thiocarbonyl (C=S) groups is 2. The van der Waals surface area contributed by atoms with E-state index in [0.717, 1.165) is 85.5 Å². The number of hydrogen-bond donors (Lipinski definition) is 6. The molecule has 6 heterocycles. The van der Waals surface area contributed by atoms with Crippen LogP contribution in [0.2, 0.25) is 0 Å². The van der Waals surface area contributed by atoms with E-state index in [1.165, 1.54) is 4.90 Å². The van der Waals surface area contributed by atoms with Gasteiger partial charge >= 0.3 is 12.1 Å². The summed E-state index contributed by atoms with van der Waals surface area (Å²) in [5.41, 5.74) is 14.2. The normalized spacial score (nSPS) is 18.8. The number of Topliss-reactive ketones (excluding diaryl/α,β-unsaturated/α-hetero) is 4. The van der Waals surface area contributed by atoms with Gasteiger partial charge in [0.15, 0.2) is 22.5 Å². The number of nitrogens with one attached hydrogen (secondary N) is 6. The molecule has 4 aliphatic heterocycles. The van der Waals surface area contributed by atoms with Crippen LogP contribution in [0.5, 0.6) is 17.2 Å². The molecule has 6 aromatic carbocycles. The van der Waals surface area contributed by atoms with E-state index in [0.29, 0.717) is 99.1 Å². The van der Waals surface area contributed by atoms with Crippen LogP contribution in [-0.2, 0) is 5.54 Å². The number of pyridine rings is 2. The van der Waals surface area contributed by atoms with Gasteiger partial charge < -0.3 is 51.0 Å². The Hall–Kier alpha value is -11.4. The molecule has 0 saturated heterocycles. The van der Waals surface area contributed by atoms with Crippen molar-refractivity contribution >= 4 is 98.2 Å². The Balaban J connectivity index is 0.000000118. The minimum absolute atomic E-state index is 0.0254. The molecule has 98 heavy (non-hydrogen) atoms. The quantitative estimate of drug-likeness (QED) is 0.0493. The summed E-state index contributed by atoms with van der Waals surface area (Å²) in [5, 5.41) is 18.7. The average molecular weight is 1340 g/mol. The Bertz CT molecular complexity index is 4810. The number of aromatic nitrogens is 2. The zero-order valence-corrected chi connectivity index (χ0v) is 56.1. The number of ether oxygens (including phenoxy) is 3. The van der Waals surface area contributed by atoms with Gasteiger partial charge in [-0.05, 0) is 136 Å². The van der Waals surface area contributed by atoms with E-state index in [1.54, 1.807) is 37.5 Å². The van der Waals surface area contributed by atoms with Crippen molar-refractivity contribution in [3.8, 4) is 17.2 Å². The van der Waals surface area contributed by atoms with Gasteiger partial charge in [0.25, 0.3) is 0 Å². The largest absolute Gasteiger partial charge is 0.494 e. The summed E-state index contributed by atoms with van der Waals surface area (Å²) < 4.78 is 17.0. The number of amides is 4. The molecular formula is C77H68N10O9S2. The number of hydrogen-bond acceptors (Lipinski definition) is 14. The van der Waals surface area contributed by atoms with Gasteiger partial charge in [0.2, 0.25) is 5.78 Å². The van der Waals surface area contributed by atoms with Crippen molar-refractivity contribution in [2.45, 2.75) is 65.1 Å². The topological polar surface area (TPSA) is 235 Å². The average Bonchev–Trinajstić information content (AvgIpc) is 1.55. The number of rotatable bonds is 12. The second kappa shape index (κ2) is 27.4. The number of benzene rings is 6. The summed E-state index contributed by atoms with van der Waals surface area (Å²) in [6, 6.07) is 53.3. The van der Waals surface area contributed by atoms with Crippen LogP contribution in [0.25, 0.3) is 22.8 Å². The first-order chi connectivity index (χ1) is 47.5. The number of para-hydroxylation sites is 1. The molecule has 0 radical (unpaired) electrons. The lowest BCUT2D eigenvalue weighted by molar-refractivity contribution is 0.101. The number of carbonyl (C=O) groups excluding carboxylic acids is 6. The maximum Gasteiger partial charge on any atom is 0.322 e. The van der Waals surface area contributed by atoms with E-state index in [9.17, 15) is 28.8 Å². The van der Waals surface area contributed by atoms with Crippen molar-refractivity contribution in [2.75, 3.05) is 38.3 Å². The standard InChI is InChI=1S/C21H21N3O3.C20H18N2O2S.C19H17N3O3.C17H12N2OS/c1-3-4-11-27-14-8-5-7-13(12-14)17-16-19(24(2)21(26)23-17)18-15(20(16)25)9-6-10-22-18;1-3-24-13-8-6-7-12(11-13)20(2)16-17(21-19(25)22-20)14-9-4-5-10-15(14)18(16)23;1-3-25-12-6-4-5-11(9-12)15-14-17(22-19(24)21-15)16-13(18(14)23)8-7-10(2)20-16;20-17-13-9-5-4-8-12(13)15-16(17)19(10-14(21)18-15)11-6-2-1-3-7-11/h5-10,12,17H,3-4,11H2,1-2H3,(H,23,26);4-11H,3H2,1-2H3,(H2,21,22,25);4-9,15H,3H2,1-2H3,(H2,21,22,24);1-9H,10H2,(H,18,21). The van der Waals surface area contributed by atoms with Crippen LogP contribution in [0, 0.1) is 6.92 Å². The van der Waals surface area contributed by atoms with Crippen LogP contribution >= 0.6 is 24.4 Å². The summed E-state index contributed by atoms with van der Waals surface area (Å²) in [6.07, 6.45) is 3.67. The van der Waals surface area contributed by atoms with Crippen LogP contribution in [0.4, 0.5) is 15.3 Å². The smallest absolute Gasteiger partial charge is 0.322 e. The Morgan fingerprint density at radius 2 is 1.14 bits per heavy atom. The highest BCUT2D eigenvalue weighted by molar-refractivity contribution is 7.80. The van der Waals surface area contributed by atoms with E-state index in [1.807, 2.05) is 184 Å². The molecular weight excluding hydrogens is 1270 g/mol. The molecule has 6 N–H and O–H groups in total. The van der Waals surface area contributed by atoms with Gasteiger partial charge in [-0.2, -0.15) is 0 Å². The fourth-order valence-electron chi connectivity index (χ4n) is 13.3. The van der Waals surface area contributed by atoms with Gasteiger partial charge in [-0.1, -0.05) is 129 Å². The highest BCUT2D eigenvalue weighted by Crippen LogP contribution is 2.46. The Morgan fingerprint density at radius 1 is 0.551 bits per heavy atom. The molecule has 8 aliphatic rings. The number of anilines is 1. The molecule has 0 saturated carbocycles. The molecule has 8 aromatic rings. The highest BCUT2D eigenvalue weighted by Gasteiger charge is 2.48. The maximum absolute atomic E-state index is 13.1. The van der Waals surface area contributed by atoms with Gasteiger partial charge in [-0.15, -0.1) is 0 Å². The monoisotopic (exact) mass is 1340 g/mol. The van der Waals surface area contributed by atoms with Gasteiger partial charge in [0.05, 0.1) is 111 Å². The maximum atomic E-state index is 13.1. The molecule has 0 spiro atoms. The Labute approximate surface area is 577 Å². The lowest BCUT2D eigenvalue weighted by Crippen LogP contribution is -2.54. The number of allylic oxidation sites excluding steroid dienone is 1. The Morgan fingerprint density at radius 3 is 1.83 bits per heavy atom. The molecule has 4 amide bonds. The third kappa shape index (κ3) is 12.1. The Kier molecular flexibility index (Phi) is 18.2. The summed E-state index contributed by atoms with van der Waals surface area (Å²) in [4.78, 5) is 89.5. The third-order valence-corrected chi connectivity index (χ3v) is 18.2. The van der Waals surface area contributed by atoms with E-state index in [4.69, 9.17) is 38.6 Å². The van der Waals surface area contributed by atoms with Crippen molar-refractivity contribution in [3.63, 3.8) is 0 Å². The van der Waals surface area contributed by atoms with Crippen molar-refractivity contribution in [1.82, 2.24) is 46.8 Å². The lowest BCUT2D eigenvalue weighted by atomic mass is 9.81. The van der Waals surface area contributed by atoms with Gasteiger partial charge in [-0.25, -0.2) is 9.59 Å². The summed E-state index contributed by atoms with van der Waals surface area (Å²) in [7, 11) is 1.65. The molecule has 19 nitrogen and oxygen atoms in total. The fraction of sp³-hybridized carbons (Fsp3) is 0.195. The number of carbonyl (C=O) groups is 6. The number of urea groups is 2. The first-order valence-electron chi connectivity index (χ1n) is 32.3. The second-order valence-electron chi connectivity index (χ2n) is 24.1. The molecule has 0 bridgehead atoms. The van der Waals surface area contributed by atoms with Crippen molar-refractivity contribution in [2.24, 2.45) is 0 Å². The van der Waals surface area contributed by atoms with E-state index >= 15 is 0 Å². The molecule has 3 atom stereocenters. The zero-order valence-electron chi connectivity index (χ0n) is 54.5. The van der Waals surface area contributed by atoms with Crippen LogP contribution in [0.1, 0.15) is 139 Å². The molecule has 2 aromatic heterocycles. The van der Waals surface area contributed by atoms with Crippen molar-refractivity contribution in [1.29, 1.82) is 0 Å². The lowest BCUT2D eigenvalue weighted by Gasteiger charge is -2.38. The predicted molar refractivity (Wildman–Crippen MR) is 382 cm³/mol. The van der Waals surface area contributed by atoms with E-state index in [2.05, 4.69) is 48.8 Å².